The van der Waals surface area contributed by atoms with Gasteiger partial charge in [0.1, 0.15) is 0 Å². The molecule has 3 aromatic carbocycles. The van der Waals surface area contributed by atoms with Gasteiger partial charge in [-0.3, -0.25) is 0 Å². The number of methoxy groups -OCH3 is 1. The summed E-state index contributed by atoms with van der Waals surface area (Å²) in [6, 6.07) is 25.0. The molecule has 0 radical (unpaired) electrons. The molecule has 0 heterocycles. The highest BCUT2D eigenvalue weighted by atomic mass is 16.5. The zero-order valence-corrected chi connectivity index (χ0v) is 16.1. The number of hydrogen-bond acceptors (Lipinski definition) is 3. The van der Waals surface area contributed by atoms with Crippen molar-refractivity contribution in [1.29, 1.82) is 0 Å². The summed E-state index contributed by atoms with van der Waals surface area (Å²) >= 11 is 0. The minimum absolute atomic E-state index is 0.620. The van der Waals surface area contributed by atoms with E-state index in [-0.39, 0.29) is 0 Å². The Morgan fingerprint density at radius 2 is 1.59 bits per heavy atom. The Labute approximate surface area is 162 Å². The lowest BCUT2D eigenvalue weighted by Crippen LogP contribution is -2.14. The molecule has 0 aliphatic heterocycles. The fourth-order valence-corrected chi connectivity index (χ4v) is 3.10. The van der Waals surface area contributed by atoms with Gasteiger partial charge < -0.3 is 14.8 Å². The Morgan fingerprint density at radius 1 is 0.815 bits per heavy atom. The molecule has 0 aliphatic rings. The lowest BCUT2D eigenvalue weighted by Gasteiger charge is -2.16. The highest BCUT2D eigenvalue weighted by Gasteiger charge is 2.10. The normalized spacial score (nSPS) is 10.6. The summed E-state index contributed by atoms with van der Waals surface area (Å²) in [6.07, 6.45) is 0.870. The summed E-state index contributed by atoms with van der Waals surface area (Å²) in [7, 11) is 1.68. The molecule has 1 N–H and O–H groups in total. The number of benzene rings is 3. The Bertz CT molecular complexity index is 846. The van der Waals surface area contributed by atoms with Crippen molar-refractivity contribution < 1.29 is 9.47 Å². The fourth-order valence-electron chi connectivity index (χ4n) is 3.10. The molecule has 0 saturated heterocycles. The van der Waals surface area contributed by atoms with E-state index in [1.165, 1.54) is 16.7 Å². The average molecular weight is 361 g/mol. The van der Waals surface area contributed by atoms with Crippen LogP contribution in [0.4, 0.5) is 0 Å². The minimum Gasteiger partial charge on any atom is -0.493 e. The van der Waals surface area contributed by atoms with Gasteiger partial charge in [-0.05, 0) is 24.1 Å². The molecule has 3 nitrogen and oxygen atoms in total. The molecule has 0 amide bonds. The molecule has 3 aromatic rings. The molecule has 140 valence electrons. The molecule has 0 spiro atoms. The molecule has 27 heavy (non-hydrogen) atoms. The number of ether oxygens (including phenoxy) is 2. The molecule has 3 heteroatoms. The largest absolute Gasteiger partial charge is 0.493 e. The van der Waals surface area contributed by atoms with Crippen LogP contribution >= 0.6 is 0 Å². The molecule has 3 rings (SSSR count). The highest BCUT2D eigenvalue weighted by Crippen LogP contribution is 2.31. The first kappa shape index (κ1) is 19.0. The molecule has 0 aromatic heterocycles. The Balaban J connectivity index is 1.62. The van der Waals surface area contributed by atoms with E-state index in [0.717, 1.165) is 36.6 Å². The third-order valence-electron chi connectivity index (χ3n) is 4.49. The van der Waals surface area contributed by atoms with Crippen LogP contribution in [-0.2, 0) is 19.5 Å². The van der Waals surface area contributed by atoms with Crippen molar-refractivity contribution in [3.63, 3.8) is 0 Å². The van der Waals surface area contributed by atoms with Crippen LogP contribution in [-0.4, -0.2) is 13.7 Å². The SMILES string of the molecule is COc1cccc(CNCc2cccc(C)c2)c1OCCc1ccccc1. The second-order valence-electron chi connectivity index (χ2n) is 6.63. The fraction of sp³-hybridized carbons (Fsp3) is 0.250. The van der Waals surface area contributed by atoms with Gasteiger partial charge in [-0.25, -0.2) is 0 Å². The first-order valence-electron chi connectivity index (χ1n) is 9.35. The molecular formula is C24H27NO2. The predicted molar refractivity (Wildman–Crippen MR) is 110 cm³/mol. The number of rotatable bonds is 9. The number of nitrogens with one attached hydrogen (secondary N) is 1. The second-order valence-corrected chi connectivity index (χ2v) is 6.63. The van der Waals surface area contributed by atoms with Gasteiger partial charge in [-0.2, -0.15) is 0 Å². The number of para-hydroxylation sites is 1. The van der Waals surface area contributed by atoms with Crippen molar-refractivity contribution >= 4 is 0 Å². The van der Waals surface area contributed by atoms with E-state index in [4.69, 9.17) is 9.47 Å². The van der Waals surface area contributed by atoms with Crippen LogP contribution in [0.5, 0.6) is 11.5 Å². The standard InChI is InChI=1S/C24H27NO2/c1-19-8-6-11-21(16-19)17-25-18-22-12-7-13-23(26-2)24(22)27-15-14-20-9-4-3-5-10-20/h3-13,16,25H,14-15,17-18H2,1-2H3. The summed E-state index contributed by atoms with van der Waals surface area (Å²) in [5.74, 6) is 1.60. The second kappa shape index (κ2) is 9.79. The third-order valence-corrected chi connectivity index (χ3v) is 4.49. The third kappa shape index (κ3) is 5.60. The predicted octanol–water partition coefficient (Wildman–Crippen LogP) is 4.91. The Hall–Kier alpha value is -2.78. The Morgan fingerprint density at radius 3 is 2.37 bits per heavy atom. The lowest BCUT2D eigenvalue weighted by molar-refractivity contribution is 0.293. The van der Waals surface area contributed by atoms with Crippen molar-refractivity contribution in [2.45, 2.75) is 26.4 Å². The van der Waals surface area contributed by atoms with Gasteiger partial charge in [0, 0.05) is 25.1 Å². The first-order chi connectivity index (χ1) is 13.3. The van der Waals surface area contributed by atoms with Gasteiger partial charge in [0.2, 0.25) is 0 Å². The topological polar surface area (TPSA) is 30.5 Å². The van der Waals surface area contributed by atoms with E-state index in [0.29, 0.717) is 6.61 Å². The van der Waals surface area contributed by atoms with E-state index >= 15 is 0 Å². The molecule has 0 fully saturated rings. The molecule has 0 saturated carbocycles. The first-order valence-corrected chi connectivity index (χ1v) is 9.35. The maximum Gasteiger partial charge on any atom is 0.165 e. The van der Waals surface area contributed by atoms with Crippen LogP contribution in [0.2, 0.25) is 0 Å². The highest BCUT2D eigenvalue weighted by molar-refractivity contribution is 5.46. The van der Waals surface area contributed by atoms with Crippen molar-refractivity contribution in [1.82, 2.24) is 5.32 Å². The van der Waals surface area contributed by atoms with Crippen LogP contribution in [0.25, 0.3) is 0 Å². The van der Waals surface area contributed by atoms with Crippen LogP contribution in [0.3, 0.4) is 0 Å². The van der Waals surface area contributed by atoms with E-state index in [1.54, 1.807) is 7.11 Å². The molecule has 0 bridgehead atoms. The quantitative estimate of drug-likeness (QED) is 0.587. The zero-order chi connectivity index (χ0) is 18.9. The maximum atomic E-state index is 6.12. The van der Waals surface area contributed by atoms with Gasteiger partial charge in [0.25, 0.3) is 0 Å². The van der Waals surface area contributed by atoms with Gasteiger partial charge in [-0.1, -0.05) is 72.3 Å². The van der Waals surface area contributed by atoms with Gasteiger partial charge in [-0.15, -0.1) is 0 Å². The lowest BCUT2D eigenvalue weighted by atomic mass is 10.1. The zero-order valence-electron chi connectivity index (χ0n) is 16.1. The summed E-state index contributed by atoms with van der Waals surface area (Å²) in [5, 5.41) is 3.51. The average Bonchev–Trinajstić information content (AvgIpc) is 2.69. The number of aryl methyl sites for hydroxylation is 1. The van der Waals surface area contributed by atoms with Gasteiger partial charge in [0.05, 0.1) is 13.7 Å². The van der Waals surface area contributed by atoms with E-state index in [1.807, 2.05) is 18.2 Å². The van der Waals surface area contributed by atoms with Crippen LogP contribution < -0.4 is 14.8 Å². The monoisotopic (exact) mass is 361 g/mol. The number of hydrogen-bond donors (Lipinski definition) is 1. The van der Waals surface area contributed by atoms with E-state index < -0.39 is 0 Å². The Kier molecular flexibility index (Phi) is 6.89. The van der Waals surface area contributed by atoms with Crippen molar-refractivity contribution in [2.24, 2.45) is 0 Å². The van der Waals surface area contributed by atoms with Crippen LogP contribution in [0, 0.1) is 6.92 Å². The van der Waals surface area contributed by atoms with Crippen molar-refractivity contribution in [3.05, 3.63) is 95.1 Å². The maximum absolute atomic E-state index is 6.12. The molecule has 0 unspecified atom stereocenters. The van der Waals surface area contributed by atoms with Crippen molar-refractivity contribution in [2.75, 3.05) is 13.7 Å². The summed E-state index contributed by atoms with van der Waals surface area (Å²) in [6.45, 7) is 4.29. The smallest absolute Gasteiger partial charge is 0.165 e. The van der Waals surface area contributed by atoms with E-state index in [2.05, 4.69) is 66.8 Å². The molecule has 0 atom stereocenters. The summed E-state index contributed by atoms with van der Waals surface area (Å²) in [4.78, 5) is 0. The molecular weight excluding hydrogens is 334 g/mol. The van der Waals surface area contributed by atoms with Crippen LogP contribution in [0.1, 0.15) is 22.3 Å². The van der Waals surface area contributed by atoms with Gasteiger partial charge in [0.15, 0.2) is 11.5 Å². The summed E-state index contributed by atoms with van der Waals surface area (Å²) in [5.41, 5.74) is 4.94. The minimum atomic E-state index is 0.620. The summed E-state index contributed by atoms with van der Waals surface area (Å²) < 4.78 is 11.6. The molecule has 0 aliphatic carbocycles. The van der Waals surface area contributed by atoms with Crippen molar-refractivity contribution in [3.8, 4) is 11.5 Å². The van der Waals surface area contributed by atoms with Crippen LogP contribution in [0.15, 0.2) is 72.8 Å². The van der Waals surface area contributed by atoms with Gasteiger partial charge >= 0.3 is 0 Å². The van der Waals surface area contributed by atoms with E-state index in [9.17, 15) is 0 Å².